The van der Waals surface area contributed by atoms with E-state index in [9.17, 15) is 13.2 Å². The molecule has 2 aromatic rings. The summed E-state index contributed by atoms with van der Waals surface area (Å²) in [5.74, 6) is -0.106. The van der Waals surface area contributed by atoms with Crippen molar-refractivity contribution >= 4 is 21.9 Å². The van der Waals surface area contributed by atoms with Crippen molar-refractivity contribution in [2.45, 2.75) is 25.6 Å². The van der Waals surface area contributed by atoms with Gasteiger partial charge in [-0.1, -0.05) is 0 Å². The van der Waals surface area contributed by atoms with Crippen molar-refractivity contribution < 1.29 is 17.9 Å². The second-order valence-electron chi connectivity index (χ2n) is 5.38. The number of nitrogens with zero attached hydrogens (tertiary/aromatic N) is 3. The molecule has 124 valence electrons. The highest BCUT2D eigenvalue weighted by molar-refractivity contribution is 9.10. The number of aromatic nitrogens is 3. The van der Waals surface area contributed by atoms with Crippen LogP contribution in [0, 0.1) is 0 Å². The number of hydrogen-bond acceptors (Lipinski definition) is 5. The number of halogens is 4. The van der Waals surface area contributed by atoms with Crippen LogP contribution < -0.4 is 10.1 Å². The summed E-state index contributed by atoms with van der Waals surface area (Å²) in [5.41, 5.74) is -1.61. The molecule has 0 aliphatic rings. The number of pyridine rings is 1. The number of anilines is 1. The Kier molecular flexibility index (Phi) is 5.08. The van der Waals surface area contributed by atoms with Gasteiger partial charge in [-0.25, -0.2) is 15.0 Å². The third kappa shape index (κ3) is 5.05. The summed E-state index contributed by atoms with van der Waals surface area (Å²) in [4.78, 5) is 11.8. The lowest BCUT2D eigenvalue weighted by molar-refractivity contribution is -0.139. The third-order valence-electron chi connectivity index (χ3n) is 2.72. The molecular formula is C14H14BrF3N4O. The van der Waals surface area contributed by atoms with Crippen LogP contribution in [-0.2, 0) is 6.18 Å². The van der Waals surface area contributed by atoms with E-state index < -0.39 is 23.2 Å². The second-order valence-corrected chi connectivity index (χ2v) is 6.29. The predicted octanol–water partition coefficient (Wildman–Crippen LogP) is 3.92. The fraction of sp³-hybridized carbons (Fsp3) is 0.357. The van der Waals surface area contributed by atoms with Crippen LogP contribution in [0.3, 0.4) is 0 Å². The van der Waals surface area contributed by atoms with E-state index in [2.05, 4.69) is 36.2 Å². The fourth-order valence-corrected chi connectivity index (χ4v) is 1.89. The molecular weight excluding hydrogens is 377 g/mol. The van der Waals surface area contributed by atoms with Gasteiger partial charge in [-0.2, -0.15) is 13.2 Å². The Labute approximate surface area is 139 Å². The molecule has 0 unspecified atom stereocenters. The van der Waals surface area contributed by atoms with Gasteiger partial charge in [-0.05, 0) is 41.9 Å². The highest BCUT2D eigenvalue weighted by Crippen LogP contribution is 2.34. The predicted molar refractivity (Wildman–Crippen MR) is 82.2 cm³/mol. The van der Waals surface area contributed by atoms with Gasteiger partial charge in [0, 0.05) is 18.6 Å². The lowest BCUT2D eigenvalue weighted by atomic mass is 10.1. The summed E-state index contributed by atoms with van der Waals surface area (Å²) in [6, 6.07) is 2.15. The Morgan fingerprint density at radius 2 is 1.83 bits per heavy atom. The van der Waals surface area contributed by atoms with Crippen molar-refractivity contribution in [3.05, 3.63) is 40.8 Å². The average Bonchev–Trinajstić information content (AvgIpc) is 2.47. The first kappa shape index (κ1) is 17.5. The van der Waals surface area contributed by atoms with Crippen molar-refractivity contribution in [3.8, 4) is 5.88 Å². The molecule has 23 heavy (non-hydrogen) atoms. The van der Waals surface area contributed by atoms with Crippen LogP contribution in [0.5, 0.6) is 5.88 Å². The molecule has 5 nitrogen and oxygen atoms in total. The third-order valence-corrected chi connectivity index (χ3v) is 3.13. The van der Waals surface area contributed by atoms with E-state index in [1.54, 1.807) is 26.2 Å². The minimum absolute atomic E-state index is 0.0491. The summed E-state index contributed by atoms with van der Waals surface area (Å²) in [5, 5.41) is 3.00. The maximum Gasteiger partial charge on any atom is 0.421 e. The van der Waals surface area contributed by atoms with Crippen molar-refractivity contribution in [1.29, 1.82) is 0 Å². The van der Waals surface area contributed by atoms with Crippen LogP contribution >= 0.6 is 15.9 Å². The summed E-state index contributed by atoms with van der Waals surface area (Å²) < 4.78 is 44.7. The molecule has 0 atom stereocenters. The minimum atomic E-state index is -4.52. The zero-order valence-corrected chi connectivity index (χ0v) is 13.9. The summed E-state index contributed by atoms with van der Waals surface area (Å²) in [6.45, 7) is 3.47. The fourth-order valence-electron chi connectivity index (χ4n) is 1.69. The number of ether oxygens (including phenoxy) is 1. The lowest BCUT2D eigenvalue weighted by Gasteiger charge is -2.26. The molecule has 0 aliphatic heterocycles. The van der Waals surface area contributed by atoms with Gasteiger partial charge in [0.1, 0.15) is 12.2 Å². The van der Waals surface area contributed by atoms with E-state index in [1.165, 1.54) is 12.3 Å². The largest absolute Gasteiger partial charge is 0.475 e. The highest BCUT2D eigenvalue weighted by Gasteiger charge is 2.35. The molecule has 2 aromatic heterocycles. The van der Waals surface area contributed by atoms with Crippen LogP contribution in [0.1, 0.15) is 19.4 Å². The number of nitrogens with one attached hydrogen (secondary N) is 1. The van der Waals surface area contributed by atoms with Gasteiger partial charge in [0.15, 0.2) is 0 Å². The molecule has 2 rings (SSSR count). The monoisotopic (exact) mass is 390 g/mol. The quantitative estimate of drug-likeness (QED) is 0.837. The summed E-state index contributed by atoms with van der Waals surface area (Å²) in [7, 11) is 0. The molecule has 0 amide bonds. The van der Waals surface area contributed by atoms with Crippen molar-refractivity contribution in [2.75, 3.05) is 11.9 Å². The Bertz CT molecular complexity index is 662. The first-order chi connectivity index (χ1) is 10.7. The first-order valence-electron chi connectivity index (χ1n) is 6.58. The maximum atomic E-state index is 12.9. The minimum Gasteiger partial charge on any atom is -0.475 e. The molecule has 1 N–H and O–H groups in total. The smallest absolute Gasteiger partial charge is 0.421 e. The van der Waals surface area contributed by atoms with Crippen LogP contribution in [0.15, 0.2) is 35.2 Å². The standard InChI is InChI=1S/C14H14BrF3N4O/c1-13(2,22-12-20-6-9(15)7-21-12)8-23-11-10(14(16,17)18)4-3-5-19-11/h3-7H,8H2,1-2H3,(H,20,21,22). The van der Waals surface area contributed by atoms with E-state index in [4.69, 9.17) is 4.74 Å². The van der Waals surface area contributed by atoms with Gasteiger partial charge in [0.05, 0.1) is 10.0 Å². The number of hydrogen-bond donors (Lipinski definition) is 1. The van der Waals surface area contributed by atoms with Gasteiger partial charge in [0.2, 0.25) is 11.8 Å². The van der Waals surface area contributed by atoms with E-state index in [1.807, 2.05) is 0 Å². The molecule has 0 saturated carbocycles. The SMILES string of the molecule is CC(C)(COc1ncccc1C(F)(F)F)Nc1ncc(Br)cn1. The number of alkyl halides is 3. The molecule has 0 bridgehead atoms. The van der Waals surface area contributed by atoms with Crippen molar-refractivity contribution in [2.24, 2.45) is 0 Å². The normalized spacial score (nSPS) is 12.1. The molecule has 0 fully saturated rings. The van der Waals surface area contributed by atoms with Crippen molar-refractivity contribution in [3.63, 3.8) is 0 Å². The average molecular weight is 391 g/mol. The van der Waals surface area contributed by atoms with Crippen molar-refractivity contribution in [1.82, 2.24) is 15.0 Å². The summed E-state index contributed by atoms with van der Waals surface area (Å²) >= 11 is 3.22. The Morgan fingerprint density at radius 1 is 1.17 bits per heavy atom. The Balaban J connectivity index is 2.06. The van der Waals surface area contributed by atoms with E-state index in [0.29, 0.717) is 5.95 Å². The summed E-state index contributed by atoms with van der Waals surface area (Å²) in [6.07, 6.45) is -0.140. The number of rotatable bonds is 5. The first-order valence-corrected chi connectivity index (χ1v) is 7.37. The topological polar surface area (TPSA) is 59.9 Å². The molecule has 0 saturated heterocycles. The molecule has 0 spiro atoms. The Morgan fingerprint density at radius 3 is 2.43 bits per heavy atom. The van der Waals surface area contributed by atoms with E-state index in [-0.39, 0.29) is 6.61 Å². The Hall–Kier alpha value is -1.90. The van der Waals surface area contributed by atoms with Crippen LogP contribution in [0.25, 0.3) is 0 Å². The second kappa shape index (κ2) is 6.69. The van der Waals surface area contributed by atoms with E-state index in [0.717, 1.165) is 10.5 Å². The van der Waals surface area contributed by atoms with Crippen LogP contribution in [0.4, 0.5) is 19.1 Å². The van der Waals surface area contributed by atoms with E-state index >= 15 is 0 Å². The molecule has 0 aromatic carbocycles. The van der Waals surface area contributed by atoms with Gasteiger partial charge in [0.25, 0.3) is 0 Å². The van der Waals surface area contributed by atoms with Gasteiger partial charge in [-0.15, -0.1) is 0 Å². The zero-order valence-electron chi connectivity index (χ0n) is 12.4. The van der Waals surface area contributed by atoms with Crippen LogP contribution in [0.2, 0.25) is 0 Å². The highest BCUT2D eigenvalue weighted by atomic mass is 79.9. The van der Waals surface area contributed by atoms with Gasteiger partial charge < -0.3 is 10.1 Å². The van der Waals surface area contributed by atoms with Crippen LogP contribution in [-0.4, -0.2) is 27.1 Å². The van der Waals surface area contributed by atoms with Gasteiger partial charge >= 0.3 is 6.18 Å². The molecule has 0 radical (unpaired) electrons. The van der Waals surface area contributed by atoms with Gasteiger partial charge in [-0.3, -0.25) is 0 Å². The maximum absolute atomic E-state index is 12.9. The molecule has 0 aliphatic carbocycles. The molecule has 2 heterocycles. The zero-order chi connectivity index (χ0) is 17.1. The molecule has 9 heteroatoms. The lowest BCUT2D eigenvalue weighted by Crippen LogP contribution is -2.38.